The lowest BCUT2D eigenvalue weighted by Crippen LogP contribution is -2.29. The molecule has 0 N–H and O–H groups in total. The van der Waals surface area contributed by atoms with Gasteiger partial charge in [0.05, 0.1) is 11.1 Å². The molecule has 23 heavy (non-hydrogen) atoms. The van der Waals surface area contributed by atoms with Gasteiger partial charge in [0, 0.05) is 16.4 Å². The molecule has 3 nitrogen and oxygen atoms in total. The summed E-state index contributed by atoms with van der Waals surface area (Å²) >= 11 is 3.47. The van der Waals surface area contributed by atoms with E-state index in [1.165, 1.54) is 0 Å². The number of amides is 1. The van der Waals surface area contributed by atoms with E-state index in [1.807, 2.05) is 30.3 Å². The second-order valence-electron chi connectivity index (χ2n) is 5.80. The SMILES string of the molecule is Cc1cccc2cc3c(nc12)N(C(=O)c1ccccc1Br)CC3. The monoisotopic (exact) mass is 366 g/mol. The zero-order valence-electron chi connectivity index (χ0n) is 12.7. The van der Waals surface area contributed by atoms with Gasteiger partial charge >= 0.3 is 0 Å². The van der Waals surface area contributed by atoms with E-state index in [4.69, 9.17) is 4.98 Å². The van der Waals surface area contributed by atoms with E-state index in [9.17, 15) is 4.79 Å². The number of para-hydroxylation sites is 1. The quantitative estimate of drug-likeness (QED) is 0.634. The second kappa shape index (κ2) is 5.46. The van der Waals surface area contributed by atoms with Crippen LogP contribution >= 0.6 is 15.9 Å². The molecule has 0 saturated heterocycles. The minimum Gasteiger partial charge on any atom is -0.292 e. The highest BCUT2D eigenvalue weighted by Gasteiger charge is 2.28. The van der Waals surface area contributed by atoms with Crippen LogP contribution in [0.15, 0.2) is 53.0 Å². The lowest BCUT2D eigenvalue weighted by Gasteiger charge is -2.17. The van der Waals surface area contributed by atoms with Gasteiger partial charge in [-0.1, -0.05) is 30.3 Å². The molecule has 1 aliphatic heterocycles. The minimum atomic E-state index is -0.00309. The third kappa shape index (κ3) is 2.34. The number of halogens is 1. The normalized spacial score (nSPS) is 13.4. The topological polar surface area (TPSA) is 33.2 Å². The molecule has 4 heteroatoms. The van der Waals surface area contributed by atoms with E-state index >= 15 is 0 Å². The van der Waals surface area contributed by atoms with Gasteiger partial charge in [-0.05, 0) is 58.6 Å². The van der Waals surface area contributed by atoms with Crippen LogP contribution in [0.25, 0.3) is 10.9 Å². The molecule has 0 fully saturated rings. The summed E-state index contributed by atoms with van der Waals surface area (Å²) in [6, 6.07) is 15.9. The molecule has 1 aromatic heterocycles. The predicted octanol–water partition coefficient (Wildman–Crippen LogP) is 4.51. The Hall–Kier alpha value is -2.20. The minimum absolute atomic E-state index is 0.00309. The fraction of sp³-hybridized carbons (Fsp3) is 0.158. The molecule has 0 saturated carbocycles. The Bertz CT molecular complexity index is 936. The highest BCUT2D eigenvalue weighted by Crippen LogP contribution is 2.32. The lowest BCUT2D eigenvalue weighted by atomic mass is 10.1. The van der Waals surface area contributed by atoms with Crippen molar-refractivity contribution in [1.82, 2.24) is 4.98 Å². The Kier molecular flexibility index (Phi) is 3.42. The molecule has 0 aliphatic carbocycles. The number of aromatic nitrogens is 1. The highest BCUT2D eigenvalue weighted by molar-refractivity contribution is 9.10. The van der Waals surface area contributed by atoms with Gasteiger partial charge in [-0.3, -0.25) is 9.69 Å². The van der Waals surface area contributed by atoms with Crippen LogP contribution in [0.3, 0.4) is 0 Å². The maximum absolute atomic E-state index is 12.9. The first-order valence-electron chi connectivity index (χ1n) is 7.61. The van der Waals surface area contributed by atoms with Gasteiger partial charge in [0.2, 0.25) is 0 Å². The molecular weight excluding hydrogens is 352 g/mol. The first-order chi connectivity index (χ1) is 11.1. The molecule has 114 valence electrons. The van der Waals surface area contributed by atoms with Gasteiger partial charge in [0.1, 0.15) is 5.82 Å². The Balaban J connectivity index is 1.82. The number of carbonyl (C=O) groups excluding carboxylic acids is 1. The maximum atomic E-state index is 12.9. The van der Waals surface area contributed by atoms with Crippen LogP contribution in [0, 0.1) is 6.92 Å². The van der Waals surface area contributed by atoms with Crippen LogP contribution in [0.2, 0.25) is 0 Å². The number of anilines is 1. The van der Waals surface area contributed by atoms with E-state index in [2.05, 4.69) is 41.1 Å². The predicted molar refractivity (Wildman–Crippen MR) is 96.0 cm³/mol. The van der Waals surface area contributed by atoms with Crippen molar-refractivity contribution < 1.29 is 4.79 Å². The number of rotatable bonds is 1. The van der Waals surface area contributed by atoms with Crippen molar-refractivity contribution in [1.29, 1.82) is 0 Å². The van der Waals surface area contributed by atoms with Gasteiger partial charge in [-0.2, -0.15) is 0 Å². The summed E-state index contributed by atoms with van der Waals surface area (Å²) in [5, 5.41) is 1.14. The lowest BCUT2D eigenvalue weighted by molar-refractivity contribution is 0.0988. The van der Waals surface area contributed by atoms with E-state index in [0.717, 1.165) is 38.7 Å². The first-order valence-corrected chi connectivity index (χ1v) is 8.40. The van der Waals surface area contributed by atoms with Crippen LogP contribution < -0.4 is 4.90 Å². The van der Waals surface area contributed by atoms with Crippen LogP contribution in [0.4, 0.5) is 5.82 Å². The molecule has 0 radical (unpaired) electrons. The van der Waals surface area contributed by atoms with Gasteiger partial charge in [-0.15, -0.1) is 0 Å². The van der Waals surface area contributed by atoms with Crippen LogP contribution in [-0.4, -0.2) is 17.4 Å². The second-order valence-corrected chi connectivity index (χ2v) is 6.66. The fourth-order valence-electron chi connectivity index (χ4n) is 3.11. The third-order valence-corrected chi connectivity index (χ3v) is 5.00. The Morgan fingerprint density at radius 1 is 1.17 bits per heavy atom. The molecule has 0 unspecified atom stereocenters. The molecule has 0 atom stereocenters. The van der Waals surface area contributed by atoms with Crippen molar-refractivity contribution in [3.8, 4) is 0 Å². The number of pyridine rings is 1. The van der Waals surface area contributed by atoms with Crippen molar-refractivity contribution in [2.45, 2.75) is 13.3 Å². The summed E-state index contributed by atoms with van der Waals surface area (Å²) in [6.45, 7) is 2.73. The molecule has 0 spiro atoms. The Labute approximate surface area is 143 Å². The molecule has 4 rings (SSSR count). The first kappa shape index (κ1) is 14.4. The highest BCUT2D eigenvalue weighted by atomic mass is 79.9. The van der Waals surface area contributed by atoms with Crippen molar-refractivity contribution in [3.05, 3.63) is 69.7 Å². The maximum Gasteiger partial charge on any atom is 0.260 e. The largest absolute Gasteiger partial charge is 0.292 e. The van der Waals surface area contributed by atoms with E-state index in [-0.39, 0.29) is 5.91 Å². The molecule has 2 heterocycles. The van der Waals surface area contributed by atoms with E-state index in [1.54, 1.807) is 4.90 Å². The fourth-order valence-corrected chi connectivity index (χ4v) is 3.57. The zero-order valence-corrected chi connectivity index (χ0v) is 14.3. The number of fused-ring (bicyclic) bond motifs is 2. The number of hydrogen-bond acceptors (Lipinski definition) is 2. The number of aryl methyl sites for hydroxylation is 1. The van der Waals surface area contributed by atoms with Gasteiger partial charge < -0.3 is 0 Å². The van der Waals surface area contributed by atoms with Gasteiger partial charge in [0.25, 0.3) is 5.91 Å². The van der Waals surface area contributed by atoms with Crippen molar-refractivity contribution in [2.75, 3.05) is 11.4 Å². The van der Waals surface area contributed by atoms with Gasteiger partial charge in [-0.25, -0.2) is 4.98 Å². The number of hydrogen-bond donors (Lipinski definition) is 0. The number of carbonyl (C=O) groups is 1. The van der Waals surface area contributed by atoms with Crippen LogP contribution in [0.1, 0.15) is 21.5 Å². The molecule has 1 amide bonds. The smallest absolute Gasteiger partial charge is 0.260 e. The summed E-state index contributed by atoms with van der Waals surface area (Å²) in [5.74, 6) is 0.796. The average molecular weight is 367 g/mol. The van der Waals surface area contributed by atoms with E-state index < -0.39 is 0 Å². The Morgan fingerprint density at radius 3 is 2.83 bits per heavy atom. The Morgan fingerprint density at radius 2 is 2.00 bits per heavy atom. The summed E-state index contributed by atoms with van der Waals surface area (Å²) in [4.78, 5) is 19.5. The van der Waals surface area contributed by atoms with Crippen LogP contribution in [0.5, 0.6) is 0 Å². The molecule has 0 bridgehead atoms. The van der Waals surface area contributed by atoms with Crippen molar-refractivity contribution in [3.63, 3.8) is 0 Å². The standard InChI is InChI=1S/C19H15BrN2O/c1-12-5-4-6-13-11-14-9-10-22(18(14)21-17(12)13)19(23)15-7-2-3-8-16(15)20/h2-8,11H,9-10H2,1H3. The van der Waals surface area contributed by atoms with Crippen molar-refractivity contribution >= 4 is 38.6 Å². The third-order valence-electron chi connectivity index (χ3n) is 4.31. The zero-order chi connectivity index (χ0) is 16.0. The van der Waals surface area contributed by atoms with Gasteiger partial charge in [0.15, 0.2) is 0 Å². The van der Waals surface area contributed by atoms with Crippen molar-refractivity contribution in [2.24, 2.45) is 0 Å². The van der Waals surface area contributed by atoms with E-state index in [0.29, 0.717) is 12.1 Å². The molecular formula is C19H15BrN2O. The van der Waals surface area contributed by atoms with Crippen LogP contribution in [-0.2, 0) is 6.42 Å². The molecule has 1 aliphatic rings. The summed E-state index contributed by atoms with van der Waals surface area (Å²) in [7, 11) is 0. The number of nitrogens with zero attached hydrogens (tertiary/aromatic N) is 2. The molecule has 2 aromatic carbocycles. The molecule has 3 aromatic rings. The summed E-state index contributed by atoms with van der Waals surface area (Å²) in [6.07, 6.45) is 0.850. The summed E-state index contributed by atoms with van der Waals surface area (Å²) in [5.41, 5.74) is 3.92. The number of benzene rings is 2. The average Bonchev–Trinajstić information content (AvgIpc) is 2.96. The summed E-state index contributed by atoms with van der Waals surface area (Å²) < 4.78 is 0.815.